The molecule has 148 valence electrons. The molecule has 1 aromatic carbocycles. The molecule has 0 atom stereocenters. The zero-order valence-electron chi connectivity index (χ0n) is 16.7. The van der Waals surface area contributed by atoms with Crippen LogP contribution in [-0.4, -0.2) is 42.2 Å². The number of nitrogens with zero attached hydrogens (tertiary/aromatic N) is 3. The quantitative estimate of drug-likeness (QED) is 0.735. The SMILES string of the molecule is Cc1nc(NC(=O)c2ccc(N3CCOCC3)nc2)cc(-c2ccccc2)c1C. The van der Waals surface area contributed by atoms with Gasteiger partial charge < -0.3 is 15.0 Å². The summed E-state index contributed by atoms with van der Waals surface area (Å²) in [6.45, 7) is 7.03. The highest BCUT2D eigenvalue weighted by atomic mass is 16.5. The van der Waals surface area contributed by atoms with E-state index in [2.05, 4.69) is 32.3 Å². The summed E-state index contributed by atoms with van der Waals surface area (Å²) in [5, 5.41) is 2.91. The lowest BCUT2D eigenvalue weighted by Crippen LogP contribution is -2.36. The van der Waals surface area contributed by atoms with E-state index in [1.54, 1.807) is 12.3 Å². The first-order chi connectivity index (χ1) is 14.1. The number of nitrogens with one attached hydrogen (secondary N) is 1. The van der Waals surface area contributed by atoms with E-state index < -0.39 is 0 Å². The highest BCUT2D eigenvalue weighted by Crippen LogP contribution is 2.27. The van der Waals surface area contributed by atoms with Gasteiger partial charge in [0.15, 0.2) is 0 Å². The maximum Gasteiger partial charge on any atom is 0.258 e. The van der Waals surface area contributed by atoms with Crippen molar-refractivity contribution in [1.82, 2.24) is 9.97 Å². The molecule has 0 bridgehead atoms. The van der Waals surface area contributed by atoms with Crippen molar-refractivity contribution >= 4 is 17.5 Å². The van der Waals surface area contributed by atoms with Crippen LogP contribution in [0.4, 0.5) is 11.6 Å². The molecule has 1 amide bonds. The number of ether oxygens (including phenoxy) is 1. The Morgan fingerprint density at radius 3 is 2.52 bits per heavy atom. The van der Waals surface area contributed by atoms with Gasteiger partial charge in [-0.3, -0.25) is 4.79 Å². The number of rotatable bonds is 4. The number of morpholine rings is 1. The third-order valence-electron chi connectivity index (χ3n) is 5.19. The molecule has 0 saturated carbocycles. The molecule has 1 fully saturated rings. The second-order valence-corrected chi connectivity index (χ2v) is 7.09. The number of amides is 1. The smallest absolute Gasteiger partial charge is 0.258 e. The first-order valence-corrected chi connectivity index (χ1v) is 9.75. The average Bonchev–Trinajstić information content (AvgIpc) is 2.77. The molecule has 1 aliphatic rings. The zero-order valence-corrected chi connectivity index (χ0v) is 16.7. The van der Waals surface area contributed by atoms with Crippen LogP contribution in [0, 0.1) is 13.8 Å². The van der Waals surface area contributed by atoms with Gasteiger partial charge in [-0.05, 0) is 48.7 Å². The highest BCUT2D eigenvalue weighted by molar-refractivity contribution is 6.04. The molecule has 1 saturated heterocycles. The van der Waals surface area contributed by atoms with Crippen LogP contribution in [0.3, 0.4) is 0 Å². The number of carbonyl (C=O) groups excluding carboxylic acids is 1. The standard InChI is InChI=1S/C23H24N4O2/c1-16-17(2)25-21(14-20(16)18-6-4-3-5-7-18)26-23(28)19-8-9-22(24-15-19)27-10-12-29-13-11-27/h3-9,14-15H,10-13H2,1-2H3,(H,25,26,28). The lowest BCUT2D eigenvalue weighted by molar-refractivity contribution is 0.102. The predicted octanol–water partition coefficient (Wildman–Crippen LogP) is 3.85. The number of anilines is 2. The van der Waals surface area contributed by atoms with Crippen molar-refractivity contribution in [3.05, 3.63) is 71.5 Å². The first kappa shape index (κ1) is 19.1. The zero-order chi connectivity index (χ0) is 20.2. The van der Waals surface area contributed by atoms with Gasteiger partial charge in [0.2, 0.25) is 0 Å². The molecule has 1 aliphatic heterocycles. The summed E-state index contributed by atoms with van der Waals surface area (Å²) < 4.78 is 5.37. The Bertz CT molecular complexity index is 997. The number of aryl methyl sites for hydroxylation is 1. The number of hydrogen-bond acceptors (Lipinski definition) is 5. The van der Waals surface area contributed by atoms with Crippen molar-refractivity contribution in [1.29, 1.82) is 0 Å². The van der Waals surface area contributed by atoms with Gasteiger partial charge in [0.05, 0.1) is 18.8 Å². The molecule has 1 N–H and O–H groups in total. The second kappa shape index (κ2) is 8.41. The van der Waals surface area contributed by atoms with Crippen molar-refractivity contribution in [3.8, 4) is 11.1 Å². The van der Waals surface area contributed by atoms with Gasteiger partial charge in [-0.25, -0.2) is 9.97 Å². The Morgan fingerprint density at radius 2 is 1.83 bits per heavy atom. The van der Waals surface area contributed by atoms with Crippen LogP contribution in [0.1, 0.15) is 21.6 Å². The van der Waals surface area contributed by atoms with Gasteiger partial charge in [-0.1, -0.05) is 30.3 Å². The third-order valence-corrected chi connectivity index (χ3v) is 5.19. The fraction of sp³-hybridized carbons (Fsp3) is 0.261. The van der Waals surface area contributed by atoms with Crippen molar-refractivity contribution in [2.24, 2.45) is 0 Å². The number of hydrogen-bond donors (Lipinski definition) is 1. The van der Waals surface area contributed by atoms with E-state index in [1.165, 1.54) is 0 Å². The topological polar surface area (TPSA) is 67.4 Å². The number of benzene rings is 1. The van der Waals surface area contributed by atoms with E-state index in [0.717, 1.165) is 41.3 Å². The Labute approximate surface area is 170 Å². The molecule has 0 unspecified atom stereocenters. The lowest BCUT2D eigenvalue weighted by Gasteiger charge is -2.27. The normalized spacial score (nSPS) is 13.9. The summed E-state index contributed by atoms with van der Waals surface area (Å²) in [7, 11) is 0. The molecule has 2 aromatic heterocycles. The van der Waals surface area contributed by atoms with Crippen LogP contribution in [0.25, 0.3) is 11.1 Å². The Hall–Kier alpha value is -3.25. The monoisotopic (exact) mass is 388 g/mol. The lowest BCUT2D eigenvalue weighted by atomic mass is 10.0. The van der Waals surface area contributed by atoms with Gasteiger partial charge >= 0.3 is 0 Å². The van der Waals surface area contributed by atoms with Crippen LogP contribution in [0.5, 0.6) is 0 Å². The minimum absolute atomic E-state index is 0.221. The van der Waals surface area contributed by atoms with Crippen molar-refractivity contribution in [2.45, 2.75) is 13.8 Å². The fourth-order valence-corrected chi connectivity index (χ4v) is 3.41. The molecule has 29 heavy (non-hydrogen) atoms. The van der Waals surface area contributed by atoms with E-state index in [-0.39, 0.29) is 5.91 Å². The third kappa shape index (κ3) is 4.27. The van der Waals surface area contributed by atoms with Gasteiger partial charge in [-0.2, -0.15) is 0 Å². The van der Waals surface area contributed by atoms with Crippen molar-refractivity contribution in [2.75, 3.05) is 36.5 Å². The Morgan fingerprint density at radius 1 is 1.07 bits per heavy atom. The maximum atomic E-state index is 12.7. The van der Waals surface area contributed by atoms with Crippen molar-refractivity contribution < 1.29 is 9.53 Å². The largest absolute Gasteiger partial charge is 0.378 e. The molecular formula is C23H24N4O2. The minimum atomic E-state index is -0.221. The number of aromatic nitrogens is 2. The van der Waals surface area contributed by atoms with E-state index in [9.17, 15) is 4.79 Å². The summed E-state index contributed by atoms with van der Waals surface area (Å²) in [6.07, 6.45) is 1.61. The van der Waals surface area contributed by atoms with E-state index in [0.29, 0.717) is 24.6 Å². The van der Waals surface area contributed by atoms with Crippen molar-refractivity contribution in [3.63, 3.8) is 0 Å². The van der Waals surface area contributed by atoms with Crippen LogP contribution in [-0.2, 0) is 4.74 Å². The Kier molecular flexibility index (Phi) is 5.53. The van der Waals surface area contributed by atoms with Crippen LogP contribution in [0.15, 0.2) is 54.7 Å². The summed E-state index contributed by atoms with van der Waals surface area (Å²) in [5.74, 6) is 1.18. The molecule has 6 nitrogen and oxygen atoms in total. The van der Waals surface area contributed by atoms with Crippen LogP contribution >= 0.6 is 0 Å². The molecule has 0 aliphatic carbocycles. The number of carbonyl (C=O) groups is 1. The fourth-order valence-electron chi connectivity index (χ4n) is 3.41. The van der Waals surface area contributed by atoms with E-state index in [1.807, 2.05) is 44.2 Å². The summed E-state index contributed by atoms with van der Waals surface area (Å²) in [4.78, 5) is 23.9. The summed E-state index contributed by atoms with van der Waals surface area (Å²) >= 11 is 0. The molecule has 3 aromatic rings. The van der Waals surface area contributed by atoms with Crippen LogP contribution < -0.4 is 10.2 Å². The second-order valence-electron chi connectivity index (χ2n) is 7.09. The Balaban J connectivity index is 1.53. The first-order valence-electron chi connectivity index (χ1n) is 9.75. The van der Waals surface area contributed by atoms with Gasteiger partial charge in [0, 0.05) is 25.0 Å². The minimum Gasteiger partial charge on any atom is -0.378 e. The van der Waals surface area contributed by atoms with E-state index in [4.69, 9.17) is 4.74 Å². The summed E-state index contributed by atoms with van der Waals surface area (Å²) in [6, 6.07) is 15.7. The molecule has 0 spiro atoms. The number of pyridine rings is 2. The van der Waals surface area contributed by atoms with E-state index >= 15 is 0 Å². The molecular weight excluding hydrogens is 364 g/mol. The molecule has 0 radical (unpaired) electrons. The molecule has 3 heterocycles. The predicted molar refractivity (Wildman–Crippen MR) is 114 cm³/mol. The summed E-state index contributed by atoms with van der Waals surface area (Å²) in [5.41, 5.74) is 4.66. The highest BCUT2D eigenvalue weighted by Gasteiger charge is 2.15. The van der Waals surface area contributed by atoms with Gasteiger partial charge in [-0.15, -0.1) is 0 Å². The van der Waals surface area contributed by atoms with Gasteiger partial charge in [0.1, 0.15) is 11.6 Å². The molecule has 4 rings (SSSR count). The molecule has 6 heteroatoms. The van der Waals surface area contributed by atoms with Gasteiger partial charge in [0.25, 0.3) is 5.91 Å². The average molecular weight is 388 g/mol. The van der Waals surface area contributed by atoms with Crippen LogP contribution in [0.2, 0.25) is 0 Å². The maximum absolute atomic E-state index is 12.7.